The zero-order chi connectivity index (χ0) is 8.85. The summed E-state index contributed by atoms with van der Waals surface area (Å²) in [7, 11) is 0. The van der Waals surface area contributed by atoms with Gasteiger partial charge in [0.1, 0.15) is 6.10 Å². The summed E-state index contributed by atoms with van der Waals surface area (Å²) in [6, 6.07) is 0. The Bertz CT molecular complexity index is 121. The highest BCUT2D eigenvalue weighted by Crippen LogP contribution is 2.07. The molecule has 0 aromatic heterocycles. The smallest absolute Gasteiger partial charge is 0.302 e. The number of esters is 1. The molecule has 0 saturated carbocycles. The highest BCUT2D eigenvalue weighted by molar-refractivity contribution is 5.66. The third-order valence-corrected chi connectivity index (χ3v) is 1.27. The maximum Gasteiger partial charge on any atom is 0.302 e. The van der Waals surface area contributed by atoms with Crippen molar-refractivity contribution < 1.29 is 14.6 Å². The van der Waals surface area contributed by atoms with E-state index in [4.69, 9.17) is 9.84 Å². The Balaban J connectivity index is 3.66. The third kappa shape index (κ3) is 5.85. The normalized spacial score (nSPS) is 13.2. The van der Waals surface area contributed by atoms with E-state index >= 15 is 0 Å². The van der Waals surface area contributed by atoms with Gasteiger partial charge in [0.25, 0.3) is 0 Å². The zero-order valence-electron chi connectivity index (χ0n) is 7.33. The molecule has 3 heteroatoms. The van der Waals surface area contributed by atoms with Crippen LogP contribution < -0.4 is 0 Å². The Kier molecular flexibility index (Phi) is 4.86. The predicted molar refractivity (Wildman–Crippen MR) is 42.1 cm³/mol. The van der Waals surface area contributed by atoms with Gasteiger partial charge in [-0.15, -0.1) is 0 Å². The Morgan fingerprint density at radius 2 is 2.09 bits per heavy atom. The lowest BCUT2D eigenvalue weighted by atomic mass is 10.1. The van der Waals surface area contributed by atoms with Crippen LogP contribution in [0.3, 0.4) is 0 Å². The fourth-order valence-electron chi connectivity index (χ4n) is 0.920. The van der Waals surface area contributed by atoms with Crippen LogP contribution in [0.4, 0.5) is 0 Å². The Labute approximate surface area is 67.4 Å². The van der Waals surface area contributed by atoms with Crippen molar-refractivity contribution in [2.45, 2.75) is 33.3 Å². The Hall–Kier alpha value is -0.570. The van der Waals surface area contributed by atoms with Gasteiger partial charge in [-0.05, 0) is 12.3 Å². The monoisotopic (exact) mass is 160 g/mol. The molecule has 0 amide bonds. The van der Waals surface area contributed by atoms with E-state index in [9.17, 15) is 4.79 Å². The molecule has 0 radical (unpaired) electrons. The number of hydrogen-bond acceptors (Lipinski definition) is 3. The molecule has 0 saturated heterocycles. The zero-order valence-corrected chi connectivity index (χ0v) is 7.33. The second-order valence-corrected chi connectivity index (χ2v) is 3.04. The van der Waals surface area contributed by atoms with Crippen molar-refractivity contribution in [1.82, 2.24) is 0 Å². The molecule has 0 rings (SSSR count). The summed E-state index contributed by atoms with van der Waals surface area (Å²) in [5.74, 6) is 0.108. The van der Waals surface area contributed by atoms with Crippen molar-refractivity contribution in [1.29, 1.82) is 0 Å². The van der Waals surface area contributed by atoms with Crippen molar-refractivity contribution in [3.63, 3.8) is 0 Å². The molecule has 0 fully saturated rings. The molecule has 0 heterocycles. The van der Waals surface area contributed by atoms with Crippen LogP contribution in [0.25, 0.3) is 0 Å². The number of hydrogen-bond donors (Lipinski definition) is 1. The van der Waals surface area contributed by atoms with Gasteiger partial charge in [0.15, 0.2) is 0 Å². The minimum atomic E-state index is -0.329. The molecule has 0 aromatic carbocycles. The number of aliphatic hydroxyl groups excluding tert-OH is 1. The van der Waals surface area contributed by atoms with Crippen LogP contribution in [0.5, 0.6) is 0 Å². The number of aliphatic hydroxyl groups is 1. The highest BCUT2D eigenvalue weighted by Gasteiger charge is 2.11. The summed E-state index contributed by atoms with van der Waals surface area (Å²) >= 11 is 0. The van der Waals surface area contributed by atoms with E-state index in [0.717, 1.165) is 6.42 Å². The summed E-state index contributed by atoms with van der Waals surface area (Å²) in [5.41, 5.74) is 0. The quantitative estimate of drug-likeness (QED) is 0.623. The minimum Gasteiger partial charge on any atom is -0.460 e. The van der Waals surface area contributed by atoms with Crippen LogP contribution in [0.1, 0.15) is 27.2 Å². The van der Waals surface area contributed by atoms with E-state index in [0.29, 0.717) is 5.92 Å². The van der Waals surface area contributed by atoms with Gasteiger partial charge >= 0.3 is 5.97 Å². The Morgan fingerprint density at radius 1 is 1.55 bits per heavy atom. The topological polar surface area (TPSA) is 46.5 Å². The molecule has 0 bridgehead atoms. The fourth-order valence-corrected chi connectivity index (χ4v) is 0.920. The van der Waals surface area contributed by atoms with Gasteiger partial charge in [-0.1, -0.05) is 13.8 Å². The first-order valence-corrected chi connectivity index (χ1v) is 3.84. The molecule has 0 aromatic rings. The lowest BCUT2D eigenvalue weighted by molar-refractivity contribution is -0.149. The number of carbonyl (C=O) groups excluding carboxylic acids is 1. The maximum atomic E-state index is 10.5. The molecule has 0 aliphatic carbocycles. The SMILES string of the molecule is CC(=O)OC(CO)CC(C)C. The summed E-state index contributed by atoms with van der Waals surface area (Å²) in [4.78, 5) is 10.5. The minimum absolute atomic E-state index is 0.0856. The van der Waals surface area contributed by atoms with Gasteiger partial charge in [-0.25, -0.2) is 0 Å². The summed E-state index contributed by atoms with van der Waals surface area (Å²) < 4.78 is 4.82. The van der Waals surface area contributed by atoms with Gasteiger partial charge < -0.3 is 9.84 Å². The van der Waals surface area contributed by atoms with Gasteiger partial charge in [0.2, 0.25) is 0 Å². The molecule has 0 aliphatic rings. The number of rotatable bonds is 4. The van der Waals surface area contributed by atoms with E-state index in [-0.39, 0.29) is 18.7 Å². The number of carbonyl (C=O) groups is 1. The average Bonchev–Trinajstić information content (AvgIpc) is 1.84. The second kappa shape index (κ2) is 5.13. The molecule has 1 atom stereocenters. The molecular weight excluding hydrogens is 144 g/mol. The van der Waals surface area contributed by atoms with Crippen LogP contribution in [-0.4, -0.2) is 23.8 Å². The van der Waals surface area contributed by atoms with E-state index < -0.39 is 0 Å². The molecule has 66 valence electrons. The molecule has 1 N–H and O–H groups in total. The standard InChI is InChI=1S/C8H16O3/c1-6(2)4-8(5-9)11-7(3)10/h6,8-9H,4-5H2,1-3H3. The van der Waals surface area contributed by atoms with Crippen molar-refractivity contribution in [2.24, 2.45) is 5.92 Å². The van der Waals surface area contributed by atoms with E-state index in [1.165, 1.54) is 6.92 Å². The molecular formula is C8H16O3. The van der Waals surface area contributed by atoms with Gasteiger partial charge in [-0.2, -0.15) is 0 Å². The van der Waals surface area contributed by atoms with Crippen LogP contribution >= 0.6 is 0 Å². The predicted octanol–water partition coefficient (Wildman–Crippen LogP) is 0.956. The third-order valence-electron chi connectivity index (χ3n) is 1.27. The summed E-state index contributed by atoms with van der Waals surface area (Å²) in [6.45, 7) is 5.30. The molecule has 1 unspecified atom stereocenters. The second-order valence-electron chi connectivity index (χ2n) is 3.04. The number of ether oxygens (including phenoxy) is 1. The molecule has 0 aliphatic heterocycles. The van der Waals surface area contributed by atoms with E-state index in [1.54, 1.807) is 0 Å². The summed E-state index contributed by atoms with van der Waals surface area (Å²) in [5, 5.41) is 8.75. The van der Waals surface area contributed by atoms with Crippen LogP contribution in [-0.2, 0) is 9.53 Å². The lowest BCUT2D eigenvalue weighted by Crippen LogP contribution is -2.22. The van der Waals surface area contributed by atoms with Crippen LogP contribution in [0, 0.1) is 5.92 Å². The maximum absolute atomic E-state index is 10.5. The molecule has 11 heavy (non-hydrogen) atoms. The van der Waals surface area contributed by atoms with Crippen molar-refractivity contribution >= 4 is 5.97 Å². The first kappa shape index (κ1) is 10.4. The fraction of sp³-hybridized carbons (Fsp3) is 0.875. The van der Waals surface area contributed by atoms with Crippen LogP contribution in [0.15, 0.2) is 0 Å². The van der Waals surface area contributed by atoms with Crippen molar-refractivity contribution in [3.8, 4) is 0 Å². The largest absolute Gasteiger partial charge is 0.460 e. The average molecular weight is 160 g/mol. The lowest BCUT2D eigenvalue weighted by Gasteiger charge is -2.15. The van der Waals surface area contributed by atoms with Gasteiger partial charge in [-0.3, -0.25) is 4.79 Å². The van der Waals surface area contributed by atoms with E-state index in [2.05, 4.69) is 0 Å². The van der Waals surface area contributed by atoms with Gasteiger partial charge in [0, 0.05) is 6.92 Å². The molecule has 3 nitrogen and oxygen atoms in total. The first-order chi connectivity index (χ1) is 5.06. The van der Waals surface area contributed by atoms with Crippen molar-refractivity contribution in [2.75, 3.05) is 6.61 Å². The molecule has 0 spiro atoms. The van der Waals surface area contributed by atoms with E-state index in [1.807, 2.05) is 13.8 Å². The van der Waals surface area contributed by atoms with Crippen LogP contribution in [0.2, 0.25) is 0 Å². The highest BCUT2D eigenvalue weighted by atomic mass is 16.5. The van der Waals surface area contributed by atoms with Crippen molar-refractivity contribution in [3.05, 3.63) is 0 Å². The first-order valence-electron chi connectivity index (χ1n) is 3.84. The Morgan fingerprint density at radius 3 is 2.36 bits per heavy atom. The van der Waals surface area contributed by atoms with Gasteiger partial charge in [0.05, 0.1) is 6.61 Å². The summed E-state index contributed by atoms with van der Waals surface area (Å²) in [6.07, 6.45) is 0.392.